The van der Waals surface area contributed by atoms with Gasteiger partial charge in [0.25, 0.3) is 0 Å². The van der Waals surface area contributed by atoms with Crippen molar-refractivity contribution in [2.75, 3.05) is 5.32 Å². The van der Waals surface area contributed by atoms with Crippen LogP contribution in [0.2, 0.25) is 0 Å². The molecule has 6 heteroatoms. The van der Waals surface area contributed by atoms with Gasteiger partial charge in [-0.15, -0.1) is 0 Å². The van der Waals surface area contributed by atoms with Crippen LogP contribution in [0.5, 0.6) is 0 Å². The molecule has 0 amide bonds. The first-order chi connectivity index (χ1) is 10.6. The Morgan fingerprint density at radius 2 is 2.09 bits per heavy atom. The number of carboxylic acids is 1. The molecule has 1 atom stereocenters. The molecule has 0 fully saturated rings. The molecule has 22 heavy (non-hydrogen) atoms. The monoisotopic (exact) mass is 298 g/mol. The Morgan fingerprint density at radius 1 is 1.32 bits per heavy atom. The average molecular weight is 298 g/mol. The van der Waals surface area contributed by atoms with Crippen LogP contribution in [0.15, 0.2) is 35.0 Å². The van der Waals surface area contributed by atoms with Crippen molar-refractivity contribution in [1.29, 1.82) is 0 Å². The number of carbonyl (C=O) groups is 1. The maximum Gasteiger partial charge on any atom is 0.196 e. The van der Waals surface area contributed by atoms with Crippen molar-refractivity contribution in [3.05, 3.63) is 30.6 Å². The zero-order valence-electron chi connectivity index (χ0n) is 12.4. The Balaban J connectivity index is 2.05. The molecule has 1 N–H and O–H groups in total. The minimum Gasteiger partial charge on any atom is -0.548 e. The predicted molar refractivity (Wildman–Crippen MR) is 81.2 cm³/mol. The van der Waals surface area contributed by atoms with Crippen LogP contribution in [0, 0.1) is 5.92 Å². The number of hydrogen-bond donors (Lipinski definition) is 1. The van der Waals surface area contributed by atoms with Gasteiger partial charge in [0, 0.05) is 5.39 Å². The number of anilines is 1. The average Bonchev–Trinajstić information content (AvgIpc) is 2.86. The van der Waals surface area contributed by atoms with Crippen LogP contribution in [0.25, 0.3) is 22.1 Å². The van der Waals surface area contributed by atoms with Crippen molar-refractivity contribution < 1.29 is 14.3 Å². The molecule has 0 saturated carbocycles. The normalized spacial score (nSPS) is 12.9. The van der Waals surface area contributed by atoms with E-state index in [4.69, 9.17) is 4.42 Å². The molecule has 6 nitrogen and oxygen atoms in total. The number of benzene rings is 1. The summed E-state index contributed by atoms with van der Waals surface area (Å²) in [5, 5.41) is 15.1. The van der Waals surface area contributed by atoms with E-state index in [0.717, 1.165) is 5.39 Å². The van der Waals surface area contributed by atoms with Crippen LogP contribution < -0.4 is 10.4 Å². The van der Waals surface area contributed by atoms with E-state index >= 15 is 0 Å². The number of nitrogens with zero attached hydrogens (tertiary/aromatic N) is 2. The fourth-order valence-electron chi connectivity index (χ4n) is 2.48. The Labute approximate surface area is 127 Å². The van der Waals surface area contributed by atoms with Crippen molar-refractivity contribution in [1.82, 2.24) is 9.97 Å². The van der Waals surface area contributed by atoms with Gasteiger partial charge in [0.15, 0.2) is 11.4 Å². The summed E-state index contributed by atoms with van der Waals surface area (Å²) in [6.07, 6.45) is 1.84. The highest BCUT2D eigenvalue weighted by Crippen LogP contribution is 2.30. The van der Waals surface area contributed by atoms with Crippen LogP contribution in [0.4, 0.5) is 5.82 Å². The van der Waals surface area contributed by atoms with Gasteiger partial charge in [-0.05, 0) is 24.5 Å². The number of furan rings is 1. The summed E-state index contributed by atoms with van der Waals surface area (Å²) in [5.74, 6) is -0.573. The van der Waals surface area contributed by atoms with E-state index in [1.165, 1.54) is 6.33 Å². The third-order valence-corrected chi connectivity index (χ3v) is 3.46. The molecule has 2 aromatic heterocycles. The molecule has 3 rings (SSSR count). The minimum atomic E-state index is -1.16. The minimum absolute atomic E-state index is 0.211. The summed E-state index contributed by atoms with van der Waals surface area (Å²) >= 11 is 0. The number of carbonyl (C=O) groups excluding carboxylic acids is 1. The lowest BCUT2D eigenvalue weighted by molar-refractivity contribution is -0.307. The lowest BCUT2D eigenvalue weighted by Gasteiger charge is -2.21. The van der Waals surface area contributed by atoms with Crippen LogP contribution in [0.1, 0.15) is 20.3 Å². The molecule has 0 spiro atoms. The summed E-state index contributed by atoms with van der Waals surface area (Å²) < 4.78 is 5.77. The number of hydrogen-bond acceptors (Lipinski definition) is 6. The summed E-state index contributed by atoms with van der Waals surface area (Å²) in [7, 11) is 0. The van der Waals surface area contributed by atoms with E-state index in [0.29, 0.717) is 28.9 Å². The number of carboxylic acid groups (broad SMARTS) is 1. The lowest BCUT2D eigenvalue weighted by Crippen LogP contribution is -2.41. The molecular weight excluding hydrogens is 282 g/mol. The van der Waals surface area contributed by atoms with E-state index in [2.05, 4.69) is 15.3 Å². The van der Waals surface area contributed by atoms with Gasteiger partial charge < -0.3 is 19.6 Å². The molecule has 0 aliphatic carbocycles. The van der Waals surface area contributed by atoms with Gasteiger partial charge in [0.2, 0.25) is 0 Å². The molecule has 0 unspecified atom stereocenters. The topological polar surface area (TPSA) is 91.1 Å². The molecule has 0 aliphatic heterocycles. The van der Waals surface area contributed by atoms with Gasteiger partial charge in [0.1, 0.15) is 17.4 Å². The number of nitrogens with one attached hydrogen (secondary N) is 1. The highest BCUT2D eigenvalue weighted by atomic mass is 16.4. The fraction of sp³-hybridized carbons (Fsp3) is 0.312. The molecular formula is C16H16N3O3-. The SMILES string of the molecule is CC(C)C[C@@H](Nc1ncnc2c1oc1ccccc12)C(=O)[O-]. The van der Waals surface area contributed by atoms with Crippen molar-refractivity contribution in [2.45, 2.75) is 26.3 Å². The predicted octanol–water partition coefficient (Wildman–Crippen LogP) is 1.95. The van der Waals surface area contributed by atoms with Crippen molar-refractivity contribution in [3.8, 4) is 0 Å². The molecule has 114 valence electrons. The molecule has 0 aliphatic rings. The van der Waals surface area contributed by atoms with Gasteiger partial charge in [-0.1, -0.05) is 26.0 Å². The maximum absolute atomic E-state index is 11.3. The van der Waals surface area contributed by atoms with Gasteiger partial charge in [0.05, 0.1) is 12.0 Å². The first kappa shape index (κ1) is 14.3. The second kappa shape index (κ2) is 5.63. The fourth-order valence-corrected chi connectivity index (χ4v) is 2.48. The van der Waals surface area contributed by atoms with Gasteiger partial charge in [-0.2, -0.15) is 0 Å². The van der Waals surface area contributed by atoms with Crippen LogP contribution in [0.3, 0.4) is 0 Å². The zero-order valence-corrected chi connectivity index (χ0v) is 12.4. The first-order valence-electron chi connectivity index (χ1n) is 7.16. The molecule has 0 radical (unpaired) electrons. The Bertz CT molecular complexity index is 826. The molecule has 3 aromatic rings. The Morgan fingerprint density at radius 3 is 2.82 bits per heavy atom. The van der Waals surface area contributed by atoms with E-state index in [1.807, 2.05) is 38.1 Å². The Kier molecular flexibility index (Phi) is 3.66. The number of fused-ring (bicyclic) bond motifs is 3. The molecule has 2 heterocycles. The number of para-hydroxylation sites is 1. The number of aromatic nitrogens is 2. The second-order valence-corrected chi connectivity index (χ2v) is 5.64. The van der Waals surface area contributed by atoms with E-state index in [9.17, 15) is 9.90 Å². The van der Waals surface area contributed by atoms with Crippen LogP contribution in [-0.2, 0) is 4.79 Å². The van der Waals surface area contributed by atoms with Gasteiger partial charge in [-0.25, -0.2) is 9.97 Å². The van der Waals surface area contributed by atoms with Crippen LogP contribution in [-0.4, -0.2) is 22.0 Å². The maximum atomic E-state index is 11.3. The molecule has 0 saturated heterocycles. The standard InChI is InChI=1S/C16H17N3O3/c1-9(2)7-11(16(20)21)19-15-14-13(17-8-18-15)10-5-3-4-6-12(10)22-14/h3-6,8-9,11H,7H2,1-2H3,(H,20,21)(H,17,18,19)/p-1/t11-/m1/s1. The van der Waals surface area contributed by atoms with E-state index < -0.39 is 12.0 Å². The molecule has 0 bridgehead atoms. The third-order valence-electron chi connectivity index (χ3n) is 3.46. The summed E-state index contributed by atoms with van der Waals surface area (Å²) in [5.41, 5.74) is 1.81. The van der Waals surface area contributed by atoms with E-state index in [1.54, 1.807) is 0 Å². The zero-order chi connectivity index (χ0) is 15.7. The van der Waals surface area contributed by atoms with Gasteiger partial charge in [-0.3, -0.25) is 0 Å². The first-order valence-corrected chi connectivity index (χ1v) is 7.16. The quantitative estimate of drug-likeness (QED) is 0.774. The Hall–Kier alpha value is -2.63. The lowest BCUT2D eigenvalue weighted by atomic mass is 10.0. The number of rotatable bonds is 5. The smallest absolute Gasteiger partial charge is 0.196 e. The van der Waals surface area contributed by atoms with Crippen LogP contribution >= 0.6 is 0 Å². The summed E-state index contributed by atoms with van der Waals surface area (Å²) in [6, 6.07) is 6.68. The highest BCUT2D eigenvalue weighted by molar-refractivity contribution is 6.05. The second-order valence-electron chi connectivity index (χ2n) is 5.64. The van der Waals surface area contributed by atoms with Gasteiger partial charge >= 0.3 is 0 Å². The van der Waals surface area contributed by atoms with E-state index in [-0.39, 0.29) is 5.92 Å². The summed E-state index contributed by atoms with van der Waals surface area (Å²) in [6.45, 7) is 3.91. The van der Waals surface area contributed by atoms with Crippen molar-refractivity contribution in [3.63, 3.8) is 0 Å². The largest absolute Gasteiger partial charge is 0.548 e. The third kappa shape index (κ3) is 2.59. The summed E-state index contributed by atoms with van der Waals surface area (Å²) in [4.78, 5) is 19.7. The number of aliphatic carboxylic acids is 1. The van der Waals surface area contributed by atoms with Crippen molar-refractivity contribution in [2.24, 2.45) is 5.92 Å². The highest BCUT2D eigenvalue weighted by Gasteiger charge is 2.17. The van der Waals surface area contributed by atoms with Crippen molar-refractivity contribution >= 4 is 33.9 Å². The molecule has 1 aromatic carbocycles.